The van der Waals surface area contributed by atoms with Crippen molar-refractivity contribution in [2.24, 2.45) is 0 Å². The first kappa shape index (κ1) is 17.8. The Kier molecular flexibility index (Phi) is 5.45. The SMILES string of the molecule is COCCCn1c(C(C)NC(=O)O)nc2c(F)ccc(F)c2c1=O. The molecule has 1 heterocycles. The van der Waals surface area contributed by atoms with Gasteiger partial charge >= 0.3 is 6.09 Å². The number of ether oxygens (including phenoxy) is 1. The van der Waals surface area contributed by atoms with Crippen molar-refractivity contribution in [1.29, 1.82) is 0 Å². The van der Waals surface area contributed by atoms with Crippen LogP contribution in [0.1, 0.15) is 25.2 Å². The van der Waals surface area contributed by atoms with Crippen LogP contribution in [0.4, 0.5) is 13.6 Å². The molecule has 1 aromatic heterocycles. The van der Waals surface area contributed by atoms with E-state index in [-0.39, 0.29) is 12.4 Å². The van der Waals surface area contributed by atoms with Crippen LogP contribution in [-0.2, 0) is 11.3 Å². The van der Waals surface area contributed by atoms with Gasteiger partial charge in [0.05, 0.1) is 6.04 Å². The molecule has 0 saturated carbocycles. The maximum absolute atomic E-state index is 14.0. The summed E-state index contributed by atoms with van der Waals surface area (Å²) in [5.41, 5.74) is -1.18. The van der Waals surface area contributed by atoms with Crippen LogP contribution in [0.2, 0.25) is 0 Å². The first-order valence-electron chi connectivity index (χ1n) is 7.23. The second kappa shape index (κ2) is 7.35. The number of methoxy groups -OCH3 is 1. The number of amides is 1. The number of hydrogen-bond donors (Lipinski definition) is 2. The molecule has 0 fully saturated rings. The fourth-order valence-corrected chi connectivity index (χ4v) is 2.43. The van der Waals surface area contributed by atoms with Gasteiger partial charge in [-0.25, -0.2) is 18.6 Å². The molecule has 1 unspecified atom stereocenters. The lowest BCUT2D eigenvalue weighted by Crippen LogP contribution is -2.34. The molecule has 7 nitrogen and oxygen atoms in total. The summed E-state index contributed by atoms with van der Waals surface area (Å²) in [5, 5.41) is 10.6. The van der Waals surface area contributed by atoms with E-state index in [4.69, 9.17) is 9.84 Å². The summed E-state index contributed by atoms with van der Waals surface area (Å²) in [4.78, 5) is 27.5. The van der Waals surface area contributed by atoms with Gasteiger partial charge in [0, 0.05) is 20.3 Å². The number of fused-ring (bicyclic) bond motifs is 1. The van der Waals surface area contributed by atoms with E-state index in [0.29, 0.717) is 13.0 Å². The van der Waals surface area contributed by atoms with Gasteiger partial charge in [-0.2, -0.15) is 0 Å². The van der Waals surface area contributed by atoms with Crippen LogP contribution in [0.25, 0.3) is 10.9 Å². The number of halogens is 2. The van der Waals surface area contributed by atoms with Crippen LogP contribution in [-0.4, -0.2) is 34.5 Å². The smallest absolute Gasteiger partial charge is 0.405 e. The molecule has 0 aliphatic heterocycles. The van der Waals surface area contributed by atoms with Gasteiger partial charge in [0.15, 0.2) is 0 Å². The molecule has 0 aliphatic rings. The number of aromatic nitrogens is 2. The van der Waals surface area contributed by atoms with E-state index >= 15 is 0 Å². The third kappa shape index (κ3) is 3.51. The second-order valence-corrected chi connectivity index (χ2v) is 5.20. The molecule has 0 saturated heterocycles. The average molecular weight is 341 g/mol. The molecule has 1 atom stereocenters. The number of nitrogens with zero attached hydrogens (tertiary/aromatic N) is 2. The maximum Gasteiger partial charge on any atom is 0.405 e. The molecule has 9 heteroatoms. The van der Waals surface area contributed by atoms with Gasteiger partial charge in [-0.1, -0.05) is 0 Å². The van der Waals surface area contributed by atoms with Crippen LogP contribution < -0.4 is 10.9 Å². The van der Waals surface area contributed by atoms with Crippen LogP contribution >= 0.6 is 0 Å². The molecule has 0 radical (unpaired) electrons. The van der Waals surface area contributed by atoms with Gasteiger partial charge in [-0.3, -0.25) is 9.36 Å². The maximum atomic E-state index is 14.0. The van der Waals surface area contributed by atoms with Gasteiger partial charge in [0.2, 0.25) is 0 Å². The summed E-state index contributed by atoms with van der Waals surface area (Å²) in [7, 11) is 1.49. The number of carboxylic acid groups (broad SMARTS) is 1. The predicted molar refractivity (Wildman–Crippen MR) is 82.0 cm³/mol. The highest BCUT2D eigenvalue weighted by molar-refractivity contribution is 5.79. The lowest BCUT2D eigenvalue weighted by atomic mass is 10.2. The third-order valence-electron chi connectivity index (χ3n) is 3.50. The first-order valence-corrected chi connectivity index (χ1v) is 7.23. The van der Waals surface area contributed by atoms with E-state index in [1.165, 1.54) is 14.0 Å². The van der Waals surface area contributed by atoms with E-state index < -0.39 is 40.2 Å². The normalized spacial score (nSPS) is 12.3. The highest BCUT2D eigenvalue weighted by atomic mass is 19.1. The van der Waals surface area contributed by atoms with Crippen LogP contribution in [0, 0.1) is 11.6 Å². The van der Waals surface area contributed by atoms with E-state index in [2.05, 4.69) is 10.3 Å². The minimum atomic E-state index is -1.32. The van der Waals surface area contributed by atoms with Crippen molar-refractivity contribution in [3.05, 3.63) is 39.9 Å². The topological polar surface area (TPSA) is 93.4 Å². The summed E-state index contributed by atoms with van der Waals surface area (Å²) in [6.07, 6.45) is -0.896. The zero-order valence-corrected chi connectivity index (χ0v) is 13.2. The molecule has 2 rings (SSSR count). The summed E-state index contributed by atoms with van der Waals surface area (Å²) in [6, 6.07) is 0.849. The molecule has 1 aromatic carbocycles. The van der Waals surface area contributed by atoms with Gasteiger partial charge in [-0.05, 0) is 25.5 Å². The highest BCUT2D eigenvalue weighted by Crippen LogP contribution is 2.19. The lowest BCUT2D eigenvalue weighted by molar-refractivity contribution is 0.186. The number of carbonyl (C=O) groups is 1. The van der Waals surface area contributed by atoms with Crippen molar-refractivity contribution in [3.8, 4) is 0 Å². The van der Waals surface area contributed by atoms with E-state index in [0.717, 1.165) is 16.7 Å². The summed E-state index contributed by atoms with van der Waals surface area (Å²) in [6.45, 7) is 1.94. The molecule has 0 bridgehead atoms. The molecule has 24 heavy (non-hydrogen) atoms. The van der Waals surface area contributed by atoms with Crippen molar-refractivity contribution >= 4 is 17.0 Å². The summed E-state index contributed by atoms with van der Waals surface area (Å²) >= 11 is 0. The quantitative estimate of drug-likeness (QED) is 0.784. The zero-order valence-electron chi connectivity index (χ0n) is 13.2. The summed E-state index contributed by atoms with van der Waals surface area (Å²) in [5.74, 6) is -1.72. The fraction of sp³-hybridized carbons (Fsp3) is 0.400. The average Bonchev–Trinajstić information content (AvgIpc) is 2.51. The minimum Gasteiger partial charge on any atom is -0.465 e. The van der Waals surface area contributed by atoms with Crippen LogP contribution in [0.5, 0.6) is 0 Å². The van der Waals surface area contributed by atoms with Crippen molar-refractivity contribution in [1.82, 2.24) is 14.9 Å². The molecule has 1 amide bonds. The van der Waals surface area contributed by atoms with Crippen molar-refractivity contribution in [3.63, 3.8) is 0 Å². The number of hydrogen-bond acceptors (Lipinski definition) is 4. The van der Waals surface area contributed by atoms with Crippen LogP contribution in [0.3, 0.4) is 0 Å². The van der Waals surface area contributed by atoms with E-state index in [1.54, 1.807) is 0 Å². The molecule has 2 N–H and O–H groups in total. The van der Waals surface area contributed by atoms with Crippen molar-refractivity contribution in [2.75, 3.05) is 13.7 Å². The van der Waals surface area contributed by atoms with Crippen molar-refractivity contribution in [2.45, 2.75) is 25.9 Å². The third-order valence-corrected chi connectivity index (χ3v) is 3.50. The Morgan fingerprint density at radius 2 is 2.08 bits per heavy atom. The Labute approximate surface area is 135 Å². The molecule has 0 aliphatic carbocycles. The largest absolute Gasteiger partial charge is 0.465 e. The highest BCUT2D eigenvalue weighted by Gasteiger charge is 2.21. The van der Waals surface area contributed by atoms with Crippen LogP contribution in [0.15, 0.2) is 16.9 Å². The molecule has 130 valence electrons. The van der Waals surface area contributed by atoms with Gasteiger partial charge in [-0.15, -0.1) is 0 Å². The van der Waals surface area contributed by atoms with Gasteiger partial charge in [0.25, 0.3) is 5.56 Å². The Hall–Kier alpha value is -2.55. The molecule has 0 spiro atoms. The number of nitrogens with one attached hydrogen (secondary N) is 1. The minimum absolute atomic E-state index is 0.00973. The van der Waals surface area contributed by atoms with Crippen molar-refractivity contribution < 1.29 is 23.4 Å². The zero-order chi connectivity index (χ0) is 17.9. The van der Waals surface area contributed by atoms with E-state index in [9.17, 15) is 18.4 Å². The molecule has 2 aromatic rings. The number of rotatable bonds is 6. The summed E-state index contributed by atoms with van der Waals surface area (Å²) < 4.78 is 34.0. The fourth-order valence-electron chi connectivity index (χ4n) is 2.43. The standard InChI is InChI=1S/C15H17F2N3O4/c1-8(18-15(22)23)13-19-12-10(17)5-4-9(16)11(12)14(21)20(13)6-3-7-24-2/h4-5,8,18H,3,6-7H2,1-2H3,(H,22,23). The first-order chi connectivity index (χ1) is 11.4. The Balaban J connectivity index is 2.68. The van der Waals surface area contributed by atoms with E-state index in [1.807, 2.05) is 0 Å². The molecular weight excluding hydrogens is 324 g/mol. The molecular formula is C15H17F2N3O4. The Bertz CT molecular complexity index is 822. The van der Waals surface area contributed by atoms with Gasteiger partial charge in [0.1, 0.15) is 28.4 Å². The monoisotopic (exact) mass is 341 g/mol. The van der Waals surface area contributed by atoms with Gasteiger partial charge < -0.3 is 15.2 Å². The Morgan fingerprint density at radius 1 is 1.42 bits per heavy atom. The predicted octanol–water partition coefficient (Wildman–Crippen LogP) is 2.04. The number of benzene rings is 1. The Morgan fingerprint density at radius 3 is 2.71 bits per heavy atom. The lowest BCUT2D eigenvalue weighted by Gasteiger charge is -2.18. The second-order valence-electron chi connectivity index (χ2n) is 5.20.